The summed E-state index contributed by atoms with van der Waals surface area (Å²) in [4.78, 5) is 17.2. The number of thiazole rings is 1. The molecule has 0 unspecified atom stereocenters. The fraction of sp³-hybridized carbons (Fsp3) is 0.0435. The summed E-state index contributed by atoms with van der Waals surface area (Å²) in [5.41, 5.74) is 3.07. The first-order valence-electron chi connectivity index (χ1n) is 8.91. The molecule has 0 saturated heterocycles. The number of para-hydroxylation sites is 1. The maximum atomic E-state index is 14.1. The molecule has 144 valence electrons. The second-order valence-corrected chi connectivity index (χ2v) is 7.10. The van der Waals surface area contributed by atoms with Gasteiger partial charge in [0.25, 0.3) is 5.91 Å². The van der Waals surface area contributed by atoms with Crippen molar-refractivity contribution >= 4 is 22.9 Å². The predicted octanol–water partition coefficient (Wildman–Crippen LogP) is 5.88. The second kappa shape index (κ2) is 8.24. The largest absolute Gasteiger partial charge is 0.497 e. The van der Waals surface area contributed by atoms with Crippen LogP contribution >= 0.6 is 11.3 Å². The van der Waals surface area contributed by atoms with E-state index in [-0.39, 0.29) is 11.7 Å². The summed E-state index contributed by atoms with van der Waals surface area (Å²) in [6.07, 6.45) is 0. The van der Waals surface area contributed by atoms with E-state index in [1.54, 1.807) is 49.6 Å². The minimum Gasteiger partial charge on any atom is -0.497 e. The molecule has 6 heteroatoms. The first-order chi connectivity index (χ1) is 14.2. The van der Waals surface area contributed by atoms with Gasteiger partial charge in [0.2, 0.25) is 0 Å². The molecule has 0 spiro atoms. The number of anilines is 1. The number of amides is 1. The zero-order valence-electron chi connectivity index (χ0n) is 15.6. The third-order valence-electron chi connectivity index (χ3n) is 4.41. The van der Waals surface area contributed by atoms with Crippen molar-refractivity contribution in [3.05, 3.63) is 89.6 Å². The highest BCUT2D eigenvalue weighted by atomic mass is 32.1. The Bertz CT molecular complexity index is 1160. The number of carbonyl (C=O) groups is 1. The normalized spacial score (nSPS) is 10.6. The number of carbonyl (C=O) groups excluding carboxylic acids is 1. The molecule has 0 aliphatic heterocycles. The molecule has 29 heavy (non-hydrogen) atoms. The molecule has 3 aromatic carbocycles. The lowest BCUT2D eigenvalue weighted by Gasteiger charge is -2.10. The molecule has 4 nitrogen and oxygen atoms in total. The summed E-state index contributed by atoms with van der Waals surface area (Å²) in [6.45, 7) is 0. The number of nitrogens with zero attached hydrogens (tertiary/aromatic N) is 1. The van der Waals surface area contributed by atoms with Crippen LogP contribution in [0.3, 0.4) is 0 Å². The van der Waals surface area contributed by atoms with E-state index in [0.29, 0.717) is 33.3 Å². The Morgan fingerprint density at radius 2 is 1.66 bits per heavy atom. The highest BCUT2D eigenvalue weighted by molar-refractivity contribution is 7.13. The van der Waals surface area contributed by atoms with Gasteiger partial charge in [0.1, 0.15) is 16.6 Å². The Kier molecular flexibility index (Phi) is 5.35. The molecule has 0 fully saturated rings. The van der Waals surface area contributed by atoms with E-state index in [0.717, 1.165) is 5.56 Å². The first kappa shape index (κ1) is 18.8. The quantitative estimate of drug-likeness (QED) is 0.452. The van der Waals surface area contributed by atoms with Crippen molar-refractivity contribution in [2.75, 3.05) is 12.4 Å². The molecule has 0 atom stereocenters. The van der Waals surface area contributed by atoms with Crippen LogP contribution in [0.4, 0.5) is 10.1 Å². The van der Waals surface area contributed by atoms with E-state index < -0.39 is 0 Å². The molecular formula is C23H17FN2O2S. The van der Waals surface area contributed by atoms with Gasteiger partial charge in [0, 0.05) is 22.1 Å². The van der Waals surface area contributed by atoms with Crippen molar-refractivity contribution in [3.8, 4) is 27.6 Å². The van der Waals surface area contributed by atoms with Crippen molar-refractivity contribution in [1.82, 2.24) is 4.98 Å². The number of hydrogen-bond donors (Lipinski definition) is 1. The molecule has 0 aliphatic rings. The number of halogens is 1. The first-order valence-corrected chi connectivity index (χ1v) is 9.79. The van der Waals surface area contributed by atoms with Crippen molar-refractivity contribution in [2.24, 2.45) is 0 Å². The fourth-order valence-corrected chi connectivity index (χ4v) is 3.75. The number of ether oxygens (including phenoxy) is 1. The maximum absolute atomic E-state index is 14.1. The minimum absolute atomic E-state index is 0.232. The Balaban J connectivity index is 1.62. The minimum atomic E-state index is -0.311. The molecule has 0 saturated carbocycles. The molecule has 1 aromatic heterocycles. The second-order valence-electron chi connectivity index (χ2n) is 6.25. The van der Waals surface area contributed by atoms with Gasteiger partial charge in [-0.2, -0.15) is 0 Å². The van der Waals surface area contributed by atoms with Gasteiger partial charge in [-0.05, 0) is 42.5 Å². The van der Waals surface area contributed by atoms with Crippen LogP contribution in [0.25, 0.3) is 21.8 Å². The van der Waals surface area contributed by atoms with Gasteiger partial charge < -0.3 is 10.1 Å². The van der Waals surface area contributed by atoms with E-state index in [4.69, 9.17) is 4.74 Å². The average Bonchev–Trinajstić information content (AvgIpc) is 3.24. The molecule has 0 radical (unpaired) electrons. The van der Waals surface area contributed by atoms with Crippen LogP contribution in [-0.4, -0.2) is 18.0 Å². The fourth-order valence-electron chi connectivity index (χ4n) is 2.91. The van der Waals surface area contributed by atoms with Crippen LogP contribution in [0.15, 0.2) is 78.2 Å². The standard InChI is InChI=1S/C23H17FN2O2S/c1-28-16-12-10-15(11-13-16)22(27)25-20-9-5-3-7-18(20)21-14-29-23(26-21)17-6-2-4-8-19(17)24/h2-14H,1H3,(H,25,27). The number of methoxy groups -OCH3 is 1. The lowest BCUT2D eigenvalue weighted by Crippen LogP contribution is -2.12. The zero-order valence-corrected chi connectivity index (χ0v) is 16.4. The Labute approximate surface area is 171 Å². The Morgan fingerprint density at radius 3 is 2.38 bits per heavy atom. The number of hydrogen-bond acceptors (Lipinski definition) is 4. The number of nitrogens with one attached hydrogen (secondary N) is 1. The third kappa shape index (κ3) is 4.02. The smallest absolute Gasteiger partial charge is 0.255 e. The van der Waals surface area contributed by atoms with Gasteiger partial charge >= 0.3 is 0 Å². The third-order valence-corrected chi connectivity index (χ3v) is 5.29. The van der Waals surface area contributed by atoms with Crippen molar-refractivity contribution in [3.63, 3.8) is 0 Å². The molecule has 1 heterocycles. The van der Waals surface area contributed by atoms with Crippen molar-refractivity contribution < 1.29 is 13.9 Å². The van der Waals surface area contributed by atoms with E-state index in [1.807, 2.05) is 29.6 Å². The van der Waals surface area contributed by atoms with Crippen LogP contribution in [0.5, 0.6) is 5.75 Å². The van der Waals surface area contributed by atoms with Gasteiger partial charge in [0.15, 0.2) is 0 Å². The topological polar surface area (TPSA) is 51.2 Å². The Morgan fingerprint density at radius 1 is 0.966 bits per heavy atom. The Hall–Kier alpha value is -3.51. The summed E-state index contributed by atoms with van der Waals surface area (Å²) in [7, 11) is 1.58. The highest BCUT2D eigenvalue weighted by Crippen LogP contribution is 2.33. The summed E-state index contributed by atoms with van der Waals surface area (Å²) in [6, 6.07) is 20.9. The van der Waals surface area contributed by atoms with Crippen molar-refractivity contribution in [1.29, 1.82) is 0 Å². The monoisotopic (exact) mass is 404 g/mol. The van der Waals surface area contributed by atoms with E-state index in [1.165, 1.54) is 17.4 Å². The average molecular weight is 404 g/mol. The summed E-state index contributed by atoms with van der Waals surface area (Å²) in [5, 5.41) is 5.39. The summed E-state index contributed by atoms with van der Waals surface area (Å²) in [5.74, 6) is 0.143. The van der Waals surface area contributed by atoms with Crippen LogP contribution in [0.2, 0.25) is 0 Å². The van der Waals surface area contributed by atoms with Gasteiger partial charge in [-0.25, -0.2) is 9.37 Å². The van der Waals surface area contributed by atoms with Crippen molar-refractivity contribution in [2.45, 2.75) is 0 Å². The van der Waals surface area contributed by atoms with E-state index in [2.05, 4.69) is 10.3 Å². The molecule has 4 aromatic rings. The predicted molar refractivity (Wildman–Crippen MR) is 114 cm³/mol. The van der Waals surface area contributed by atoms with Crippen LogP contribution in [0.1, 0.15) is 10.4 Å². The van der Waals surface area contributed by atoms with Crippen LogP contribution in [0, 0.1) is 5.82 Å². The SMILES string of the molecule is COc1ccc(C(=O)Nc2ccccc2-c2csc(-c3ccccc3F)n2)cc1. The maximum Gasteiger partial charge on any atom is 0.255 e. The molecule has 0 bridgehead atoms. The van der Waals surface area contributed by atoms with Crippen LogP contribution in [-0.2, 0) is 0 Å². The summed E-state index contributed by atoms with van der Waals surface area (Å²) < 4.78 is 19.2. The zero-order chi connectivity index (χ0) is 20.2. The highest BCUT2D eigenvalue weighted by Gasteiger charge is 2.14. The van der Waals surface area contributed by atoms with Gasteiger partial charge in [0.05, 0.1) is 18.5 Å². The molecular weight excluding hydrogens is 387 g/mol. The number of benzene rings is 3. The van der Waals surface area contributed by atoms with E-state index in [9.17, 15) is 9.18 Å². The van der Waals surface area contributed by atoms with Gasteiger partial charge in [-0.1, -0.05) is 30.3 Å². The van der Waals surface area contributed by atoms with Gasteiger partial charge in [-0.3, -0.25) is 4.79 Å². The lowest BCUT2D eigenvalue weighted by molar-refractivity contribution is 0.102. The molecule has 4 rings (SSSR count). The van der Waals surface area contributed by atoms with E-state index >= 15 is 0 Å². The molecule has 0 aliphatic carbocycles. The van der Waals surface area contributed by atoms with Gasteiger partial charge in [-0.15, -0.1) is 11.3 Å². The van der Waals surface area contributed by atoms with Crippen LogP contribution < -0.4 is 10.1 Å². The molecule has 1 N–H and O–H groups in total. The number of rotatable bonds is 5. The number of aromatic nitrogens is 1. The molecule has 1 amide bonds. The lowest BCUT2D eigenvalue weighted by atomic mass is 10.1. The summed E-state index contributed by atoms with van der Waals surface area (Å²) >= 11 is 1.36.